The molecule has 0 aromatic heterocycles. The average Bonchev–Trinajstić information content (AvgIpc) is 2.04. The van der Waals surface area contributed by atoms with Gasteiger partial charge in [0, 0.05) is 0 Å². The highest BCUT2D eigenvalue weighted by atomic mass is 32.2. The molecule has 0 N–H and O–H groups in total. The van der Waals surface area contributed by atoms with Crippen LogP contribution in [-0.4, -0.2) is 25.6 Å². The number of alkyl halides is 1. The Morgan fingerprint density at radius 2 is 2.20 bits per heavy atom. The van der Waals surface area contributed by atoms with Crippen molar-refractivity contribution in [3.8, 4) is 0 Å². The molecule has 4 heteroatoms. The lowest BCUT2D eigenvalue weighted by Crippen LogP contribution is -2.13. The molecular formula is C6H11FO2S. The first-order chi connectivity index (χ1) is 4.56. The summed E-state index contributed by atoms with van der Waals surface area (Å²) >= 11 is 0. The minimum atomic E-state index is -3.06. The average molecular weight is 166 g/mol. The summed E-state index contributed by atoms with van der Waals surface area (Å²) in [6, 6.07) is 0. The zero-order valence-corrected chi connectivity index (χ0v) is 6.70. The van der Waals surface area contributed by atoms with Crippen molar-refractivity contribution in [1.29, 1.82) is 0 Å². The number of hydrogen-bond donors (Lipinski definition) is 0. The van der Waals surface area contributed by atoms with Gasteiger partial charge in [-0.05, 0) is 12.8 Å². The van der Waals surface area contributed by atoms with Gasteiger partial charge in [-0.15, -0.1) is 0 Å². The third-order valence-electron chi connectivity index (χ3n) is 1.90. The van der Waals surface area contributed by atoms with Crippen LogP contribution in [0, 0.1) is 0 Å². The van der Waals surface area contributed by atoms with E-state index < -0.39 is 21.3 Å². The first kappa shape index (κ1) is 7.98. The Kier molecular flexibility index (Phi) is 1.99. The largest absolute Gasteiger partial charge is 0.246 e. The molecule has 1 fully saturated rings. The van der Waals surface area contributed by atoms with Gasteiger partial charge in [0.25, 0.3) is 0 Å². The molecule has 1 aliphatic heterocycles. The highest BCUT2D eigenvalue weighted by Crippen LogP contribution is 2.24. The van der Waals surface area contributed by atoms with Gasteiger partial charge < -0.3 is 0 Å². The van der Waals surface area contributed by atoms with Crippen LogP contribution in [-0.2, 0) is 9.84 Å². The molecular weight excluding hydrogens is 155 g/mol. The van der Waals surface area contributed by atoms with Crippen molar-refractivity contribution in [3.05, 3.63) is 0 Å². The second-order valence-electron chi connectivity index (χ2n) is 2.69. The Morgan fingerprint density at radius 3 is 2.40 bits per heavy atom. The number of halogens is 1. The monoisotopic (exact) mass is 166 g/mol. The Morgan fingerprint density at radius 1 is 1.60 bits per heavy atom. The van der Waals surface area contributed by atoms with Crippen molar-refractivity contribution in [1.82, 2.24) is 0 Å². The van der Waals surface area contributed by atoms with Gasteiger partial charge in [0.05, 0.1) is 11.0 Å². The molecule has 0 saturated carbocycles. The lowest BCUT2D eigenvalue weighted by atomic mass is 10.2. The van der Waals surface area contributed by atoms with Gasteiger partial charge in [0.15, 0.2) is 9.84 Å². The highest BCUT2D eigenvalue weighted by Gasteiger charge is 2.36. The fraction of sp³-hybridized carbons (Fsp3) is 1.00. The van der Waals surface area contributed by atoms with Crippen LogP contribution < -0.4 is 0 Å². The van der Waals surface area contributed by atoms with E-state index in [0.29, 0.717) is 6.42 Å². The summed E-state index contributed by atoms with van der Waals surface area (Å²) in [7, 11) is -3.06. The van der Waals surface area contributed by atoms with Crippen LogP contribution >= 0.6 is 0 Å². The van der Waals surface area contributed by atoms with Crippen molar-refractivity contribution < 1.29 is 12.8 Å². The summed E-state index contributed by atoms with van der Waals surface area (Å²) in [5, 5.41) is -0.414. The molecule has 10 heavy (non-hydrogen) atoms. The number of sulfone groups is 1. The summed E-state index contributed by atoms with van der Waals surface area (Å²) in [5.74, 6) is -0.258. The molecule has 0 amide bonds. The molecule has 2 unspecified atom stereocenters. The first-order valence-corrected chi connectivity index (χ1v) is 5.13. The lowest BCUT2D eigenvalue weighted by Gasteiger charge is -2.01. The van der Waals surface area contributed by atoms with Crippen LogP contribution in [0.2, 0.25) is 0 Å². The molecule has 1 heterocycles. The SMILES string of the molecule is CCC1CC(F)CS1(=O)=O. The fourth-order valence-corrected chi connectivity index (χ4v) is 3.23. The van der Waals surface area contributed by atoms with Gasteiger partial charge in [0.2, 0.25) is 0 Å². The maximum atomic E-state index is 12.5. The second kappa shape index (κ2) is 2.49. The normalized spacial score (nSPS) is 38.2. The molecule has 60 valence electrons. The Labute approximate surface area is 60.3 Å². The third-order valence-corrected chi connectivity index (χ3v) is 4.26. The molecule has 1 rings (SSSR count). The van der Waals surface area contributed by atoms with Gasteiger partial charge in [-0.1, -0.05) is 6.92 Å². The quantitative estimate of drug-likeness (QED) is 0.580. The highest BCUT2D eigenvalue weighted by molar-refractivity contribution is 7.92. The van der Waals surface area contributed by atoms with E-state index in [4.69, 9.17) is 0 Å². The van der Waals surface area contributed by atoms with E-state index in [1.807, 2.05) is 0 Å². The predicted octanol–water partition coefficient (Wildman–Crippen LogP) is 0.922. The zero-order valence-electron chi connectivity index (χ0n) is 5.88. The van der Waals surface area contributed by atoms with Crippen LogP contribution in [0.25, 0.3) is 0 Å². The summed E-state index contributed by atoms with van der Waals surface area (Å²) in [6.07, 6.45) is -0.364. The Balaban J connectivity index is 2.78. The zero-order chi connectivity index (χ0) is 7.78. The number of rotatable bonds is 1. The summed E-state index contributed by atoms with van der Waals surface area (Å²) in [4.78, 5) is 0. The van der Waals surface area contributed by atoms with E-state index >= 15 is 0 Å². The predicted molar refractivity (Wildman–Crippen MR) is 37.4 cm³/mol. The van der Waals surface area contributed by atoms with E-state index in [0.717, 1.165) is 0 Å². The van der Waals surface area contributed by atoms with Crippen LogP contribution in [0.1, 0.15) is 19.8 Å². The molecule has 0 aromatic rings. The summed E-state index contributed by atoms with van der Waals surface area (Å²) in [5.41, 5.74) is 0. The number of hydrogen-bond acceptors (Lipinski definition) is 2. The molecule has 0 bridgehead atoms. The minimum Gasteiger partial charge on any atom is -0.246 e. The molecule has 2 atom stereocenters. The summed E-state index contributed by atoms with van der Waals surface area (Å²) < 4.78 is 34.4. The summed E-state index contributed by atoms with van der Waals surface area (Å²) in [6.45, 7) is 1.78. The minimum absolute atomic E-state index is 0.207. The van der Waals surface area contributed by atoms with E-state index in [-0.39, 0.29) is 12.2 Å². The maximum Gasteiger partial charge on any atom is 0.156 e. The van der Waals surface area contributed by atoms with Crippen LogP contribution in [0.15, 0.2) is 0 Å². The smallest absolute Gasteiger partial charge is 0.156 e. The van der Waals surface area contributed by atoms with E-state index in [1.54, 1.807) is 6.92 Å². The van der Waals surface area contributed by atoms with Crippen LogP contribution in [0.4, 0.5) is 4.39 Å². The fourth-order valence-electron chi connectivity index (χ4n) is 1.31. The van der Waals surface area contributed by atoms with Gasteiger partial charge in [-0.3, -0.25) is 0 Å². The third kappa shape index (κ3) is 1.31. The molecule has 1 saturated heterocycles. The first-order valence-electron chi connectivity index (χ1n) is 3.42. The van der Waals surface area contributed by atoms with Crippen LogP contribution in [0.3, 0.4) is 0 Å². The molecule has 2 nitrogen and oxygen atoms in total. The maximum absolute atomic E-state index is 12.5. The van der Waals surface area contributed by atoms with Gasteiger partial charge >= 0.3 is 0 Å². The van der Waals surface area contributed by atoms with Crippen molar-refractivity contribution in [2.24, 2.45) is 0 Å². The van der Waals surface area contributed by atoms with E-state index in [2.05, 4.69) is 0 Å². The van der Waals surface area contributed by atoms with Gasteiger partial charge in [0.1, 0.15) is 6.17 Å². The topological polar surface area (TPSA) is 34.1 Å². The molecule has 0 radical (unpaired) electrons. The molecule has 0 aliphatic carbocycles. The molecule has 0 aromatic carbocycles. The molecule has 1 aliphatic rings. The van der Waals surface area contributed by atoms with Gasteiger partial charge in [-0.25, -0.2) is 12.8 Å². The van der Waals surface area contributed by atoms with E-state index in [1.165, 1.54) is 0 Å². The van der Waals surface area contributed by atoms with Crippen molar-refractivity contribution in [2.75, 3.05) is 5.75 Å². The van der Waals surface area contributed by atoms with Gasteiger partial charge in [-0.2, -0.15) is 0 Å². The van der Waals surface area contributed by atoms with Crippen LogP contribution in [0.5, 0.6) is 0 Å². The van der Waals surface area contributed by atoms with Crippen molar-refractivity contribution >= 4 is 9.84 Å². The Bertz CT molecular complexity index is 210. The van der Waals surface area contributed by atoms with Crippen molar-refractivity contribution in [3.63, 3.8) is 0 Å². The molecule has 0 spiro atoms. The second-order valence-corrected chi connectivity index (χ2v) is 5.02. The Hall–Kier alpha value is -0.120. The lowest BCUT2D eigenvalue weighted by molar-refractivity contribution is 0.356. The van der Waals surface area contributed by atoms with Crippen molar-refractivity contribution in [2.45, 2.75) is 31.2 Å². The van der Waals surface area contributed by atoms with E-state index in [9.17, 15) is 12.8 Å². The standard InChI is InChI=1S/C6H11FO2S/c1-2-6-3-5(7)4-10(6,8)9/h5-6H,2-4H2,1H3.